The number of anilines is 1. The second-order valence-electron chi connectivity index (χ2n) is 4.73. The number of alkyl halides is 3. The molecule has 0 spiro atoms. The van der Waals surface area contributed by atoms with Crippen LogP contribution < -0.4 is 4.72 Å². The third kappa shape index (κ3) is 4.03. The molecule has 0 atom stereocenters. The second kappa shape index (κ2) is 6.12. The molecule has 0 unspecified atom stereocenters. The molecule has 1 N–H and O–H groups in total. The highest BCUT2D eigenvalue weighted by Crippen LogP contribution is 2.36. The van der Waals surface area contributed by atoms with E-state index in [1.165, 1.54) is 12.1 Å². The molecule has 0 aliphatic carbocycles. The minimum Gasteiger partial charge on any atom is -0.277 e. The number of aryl methyl sites for hydroxylation is 1. The Labute approximate surface area is 138 Å². The van der Waals surface area contributed by atoms with Crippen molar-refractivity contribution in [1.29, 1.82) is 0 Å². The van der Waals surface area contributed by atoms with Crippen LogP contribution in [0.25, 0.3) is 0 Å². The Kier molecular flexibility index (Phi) is 4.72. The van der Waals surface area contributed by atoms with Gasteiger partial charge in [-0.25, -0.2) is 12.8 Å². The topological polar surface area (TPSA) is 46.2 Å². The smallest absolute Gasteiger partial charge is 0.277 e. The summed E-state index contributed by atoms with van der Waals surface area (Å²) in [5, 5.41) is 0. The number of sulfonamides is 1. The molecule has 0 bridgehead atoms. The standard InChI is InChI=1S/C14H10BrF4NO2S/c1-8-2-5-12(16)13(6-8)20-23(21,22)9-3-4-11(15)10(7-9)14(17,18)19/h2-7,20H,1H3. The van der Waals surface area contributed by atoms with Crippen LogP contribution in [0.2, 0.25) is 0 Å². The zero-order valence-corrected chi connectivity index (χ0v) is 14.0. The Morgan fingerprint density at radius 3 is 2.35 bits per heavy atom. The molecule has 0 fully saturated rings. The maximum absolute atomic E-state index is 13.6. The van der Waals surface area contributed by atoms with E-state index in [0.717, 1.165) is 18.2 Å². The molecule has 0 heterocycles. The van der Waals surface area contributed by atoms with Gasteiger partial charge in [0.2, 0.25) is 0 Å². The maximum Gasteiger partial charge on any atom is 0.417 e. The van der Waals surface area contributed by atoms with Gasteiger partial charge < -0.3 is 0 Å². The number of hydrogen-bond donors (Lipinski definition) is 1. The summed E-state index contributed by atoms with van der Waals surface area (Å²) >= 11 is 2.73. The minimum absolute atomic E-state index is 0.286. The molecule has 9 heteroatoms. The van der Waals surface area contributed by atoms with Crippen LogP contribution in [-0.4, -0.2) is 8.42 Å². The van der Waals surface area contributed by atoms with Gasteiger partial charge in [-0.1, -0.05) is 22.0 Å². The maximum atomic E-state index is 13.6. The van der Waals surface area contributed by atoms with Crippen LogP contribution in [0.3, 0.4) is 0 Å². The highest BCUT2D eigenvalue weighted by Gasteiger charge is 2.34. The molecule has 2 rings (SSSR count). The van der Waals surface area contributed by atoms with Crippen molar-refractivity contribution < 1.29 is 26.0 Å². The molecule has 0 aromatic heterocycles. The molecule has 3 nitrogen and oxygen atoms in total. The predicted molar refractivity (Wildman–Crippen MR) is 81.1 cm³/mol. The fourth-order valence-corrected chi connectivity index (χ4v) is 3.37. The minimum atomic E-state index is -4.72. The molecule has 0 saturated carbocycles. The number of halogens is 5. The highest BCUT2D eigenvalue weighted by molar-refractivity contribution is 9.10. The Morgan fingerprint density at radius 1 is 1.09 bits per heavy atom. The van der Waals surface area contributed by atoms with Crippen LogP contribution >= 0.6 is 15.9 Å². The normalized spacial score (nSPS) is 12.3. The van der Waals surface area contributed by atoms with E-state index in [1.807, 2.05) is 4.72 Å². The van der Waals surface area contributed by atoms with Crippen molar-refractivity contribution in [2.45, 2.75) is 18.0 Å². The highest BCUT2D eigenvalue weighted by atomic mass is 79.9. The van der Waals surface area contributed by atoms with Crippen molar-refractivity contribution >= 4 is 31.6 Å². The van der Waals surface area contributed by atoms with Crippen molar-refractivity contribution in [2.75, 3.05) is 4.72 Å². The van der Waals surface area contributed by atoms with Gasteiger partial charge >= 0.3 is 6.18 Å². The van der Waals surface area contributed by atoms with E-state index in [-0.39, 0.29) is 10.2 Å². The molecule has 0 aliphatic heterocycles. The molecule has 0 aliphatic rings. The SMILES string of the molecule is Cc1ccc(F)c(NS(=O)(=O)c2ccc(Br)c(C(F)(F)F)c2)c1. The van der Waals surface area contributed by atoms with Crippen molar-refractivity contribution in [2.24, 2.45) is 0 Å². The van der Waals surface area contributed by atoms with E-state index in [0.29, 0.717) is 11.6 Å². The second-order valence-corrected chi connectivity index (χ2v) is 7.26. The van der Waals surface area contributed by atoms with E-state index in [9.17, 15) is 26.0 Å². The quantitative estimate of drug-likeness (QED) is 0.742. The van der Waals surface area contributed by atoms with Gasteiger partial charge in [0.1, 0.15) is 5.82 Å². The van der Waals surface area contributed by atoms with Crippen molar-refractivity contribution in [3.8, 4) is 0 Å². The molecule has 2 aromatic rings. The number of nitrogens with one attached hydrogen (secondary N) is 1. The largest absolute Gasteiger partial charge is 0.417 e. The third-order valence-electron chi connectivity index (χ3n) is 2.92. The molecule has 0 amide bonds. The zero-order valence-electron chi connectivity index (χ0n) is 11.6. The Bertz CT molecular complexity index is 850. The number of benzene rings is 2. The first-order valence-corrected chi connectivity index (χ1v) is 8.44. The van der Waals surface area contributed by atoms with Gasteiger partial charge in [-0.05, 0) is 42.8 Å². The molecule has 2 aromatic carbocycles. The lowest BCUT2D eigenvalue weighted by Gasteiger charge is -2.13. The van der Waals surface area contributed by atoms with E-state index in [2.05, 4.69) is 15.9 Å². The molecular formula is C14H10BrF4NO2S. The van der Waals surface area contributed by atoms with Gasteiger partial charge in [0, 0.05) is 4.47 Å². The Morgan fingerprint density at radius 2 is 1.74 bits per heavy atom. The van der Waals surface area contributed by atoms with Gasteiger partial charge in [-0.3, -0.25) is 4.72 Å². The summed E-state index contributed by atoms with van der Waals surface area (Å²) in [4.78, 5) is -0.617. The van der Waals surface area contributed by atoms with Crippen LogP contribution in [0.1, 0.15) is 11.1 Å². The first-order chi connectivity index (χ1) is 10.5. The average Bonchev–Trinajstić information content (AvgIpc) is 2.41. The van der Waals surface area contributed by atoms with Crippen molar-refractivity contribution in [1.82, 2.24) is 0 Å². The molecule has 124 valence electrons. The monoisotopic (exact) mass is 411 g/mol. The van der Waals surface area contributed by atoms with Gasteiger partial charge in [0.25, 0.3) is 10.0 Å². The van der Waals surface area contributed by atoms with Gasteiger partial charge in [-0.2, -0.15) is 13.2 Å². The van der Waals surface area contributed by atoms with E-state index >= 15 is 0 Å². The van der Waals surface area contributed by atoms with Gasteiger partial charge in [0.15, 0.2) is 0 Å². The van der Waals surface area contributed by atoms with E-state index < -0.39 is 32.5 Å². The Hall–Kier alpha value is -1.61. The summed E-state index contributed by atoms with van der Waals surface area (Å²) in [6.45, 7) is 1.62. The Balaban J connectivity index is 2.46. The number of hydrogen-bond acceptors (Lipinski definition) is 2. The lowest BCUT2D eigenvalue weighted by Crippen LogP contribution is -2.16. The first-order valence-electron chi connectivity index (χ1n) is 6.16. The molecular weight excluding hydrogens is 402 g/mol. The molecule has 23 heavy (non-hydrogen) atoms. The summed E-state index contributed by atoms with van der Waals surface area (Å²) in [6.07, 6.45) is -4.72. The van der Waals surface area contributed by atoms with Crippen molar-refractivity contribution in [3.05, 3.63) is 57.8 Å². The fraction of sp³-hybridized carbons (Fsp3) is 0.143. The van der Waals surface area contributed by atoms with E-state index in [1.54, 1.807) is 6.92 Å². The van der Waals surface area contributed by atoms with E-state index in [4.69, 9.17) is 0 Å². The lowest BCUT2D eigenvalue weighted by atomic mass is 10.2. The van der Waals surface area contributed by atoms with Crippen LogP contribution in [0.5, 0.6) is 0 Å². The van der Waals surface area contributed by atoms with Crippen LogP contribution in [-0.2, 0) is 16.2 Å². The predicted octanol–water partition coefficient (Wildman–Crippen LogP) is 4.72. The molecule has 0 saturated heterocycles. The summed E-state index contributed by atoms with van der Waals surface area (Å²) in [5.41, 5.74) is -0.873. The third-order valence-corrected chi connectivity index (χ3v) is 4.97. The fourth-order valence-electron chi connectivity index (χ4n) is 1.81. The molecule has 0 radical (unpaired) electrons. The van der Waals surface area contributed by atoms with Crippen LogP contribution in [0, 0.1) is 12.7 Å². The van der Waals surface area contributed by atoms with Crippen LogP contribution in [0.15, 0.2) is 45.8 Å². The summed E-state index contributed by atoms with van der Waals surface area (Å²) in [7, 11) is -4.36. The average molecular weight is 412 g/mol. The van der Waals surface area contributed by atoms with Gasteiger partial charge in [0.05, 0.1) is 16.1 Å². The summed E-state index contributed by atoms with van der Waals surface area (Å²) in [6, 6.07) is 6.21. The lowest BCUT2D eigenvalue weighted by molar-refractivity contribution is -0.138. The summed E-state index contributed by atoms with van der Waals surface area (Å²) in [5.74, 6) is -0.827. The first kappa shape index (κ1) is 17.7. The summed E-state index contributed by atoms with van der Waals surface area (Å²) < 4.78 is 78.3. The van der Waals surface area contributed by atoms with Crippen LogP contribution in [0.4, 0.5) is 23.2 Å². The number of rotatable bonds is 3. The zero-order chi connectivity index (χ0) is 17.4. The van der Waals surface area contributed by atoms with Gasteiger partial charge in [-0.15, -0.1) is 0 Å². The van der Waals surface area contributed by atoms with Crippen molar-refractivity contribution in [3.63, 3.8) is 0 Å².